The lowest BCUT2D eigenvalue weighted by atomic mass is 10.2. The Bertz CT molecular complexity index is 443. The Balaban J connectivity index is 2.51. The number of nitrogens with zero attached hydrogens (tertiary/aromatic N) is 1. The number of para-hydroxylation sites is 1. The van der Waals surface area contributed by atoms with Crippen LogP contribution < -0.4 is 0 Å². The van der Waals surface area contributed by atoms with Gasteiger partial charge in [-0.1, -0.05) is 41.1 Å². The lowest BCUT2D eigenvalue weighted by molar-refractivity contribution is 0.821. The number of rotatable bonds is 2. The summed E-state index contributed by atoms with van der Waals surface area (Å²) in [6.07, 6.45) is 1.07. The highest BCUT2D eigenvalue weighted by Crippen LogP contribution is 2.20. The van der Waals surface area contributed by atoms with Crippen LogP contribution in [0.1, 0.15) is 12.6 Å². The van der Waals surface area contributed by atoms with Gasteiger partial charge in [0.1, 0.15) is 0 Å². The molecule has 0 aliphatic carbocycles. The first-order chi connectivity index (χ1) is 6.68. The molecule has 0 saturated heterocycles. The minimum Gasteiger partial charge on any atom is -0.348 e. The van der Waals surface area contributed by atoms with Crippen LogP contribution in [-0.4, -0.2) is 9.39 Å². The normalized spacial score (nSPS) is 13.4. The number of hydrogen-bond acceptors (Lipinski definition) is 0. The van der Waals surface area contributed by atoms with Gasteiger partial charge in [-0.05, 0) is 23.9 Å². The van der Waals surface area contributed by atoms with Gasteiger partial charge in [-0.3, -0.25) is 0 Å². The minimum absolute atomic E-state index is 0.533. The van der Waals surface area contributed by atoms with Crippen LogP contribution in [-0.2, 0) is 13.5 Å². The third-order valence-electron chi connectivity index (χ3n) is 2.54. The van der Waals surface area contributed by atoms with Crippen molar-refractivity contribution in [1.29, 1.82) is 0 Å². The molecule has 0 fully saturated rings. The second-order valence-electron chi connectivity index (χ2n) is 3.74. The van der Waals surface area contributed by atoms with E-state index in [0.717, 1.165) is 6.42 Å². The van der Waals surface area contributed by atoms with Gasteiger partial charge in [0, 0.05) is 23.1 Å². The summed E-state index contributed by atoms with van der Waals surface area (Å²) >= 11 is 3.59. The average molecular weight is 252 g/mol. The SMILES string of the molecule is CC(Br)Cc1cc2ccccc2n1C. The zero-order chi connectivity index (χ0) is 10.1. The van der Waals surface area contributed by atoms with Crippen molar-refractivity contribution in [1.82, 2.24) is 4.57 Å². The first kappa shape index (κ1) is 9.78. The molecule has 1 unspecified atom stereocenters. The van der Waals surface area contributed by atoms with Gasteiger partial charge in [0.05, 0.1) is 0 Å². The van der Waals surface area contributed by atoms with Crippen molar-refractivity contribution in [3.8, 4) is 0 Å². The molecule has 0 amide bonds. The second-order valence-corrected chi connectivity index (χ2v) is 5.30. The zero-order valence-corrected chi connectivity index (χ0v) is 10.1. The van der Waals surface area contributed by atoms with Gasteiger partial charge in [-0.15, -0.1) is 0 Å². The van der Waals surface area contributed by atoms with Crippen LogP contribution in [0.5, 0.6) is 0 Å². The standard InChI is InChI=1S/C12H14BrN/c1-9(13)7-11-8-10-5-3-4-6-12(10)14(11)2/h3-6,8-9H,7H2,1-2H3. The lowest BCUT2D eigenvalue weighted by Gasteiger charge is -2.05. The Morgan fingerprint density at radius 1 is 1.36 bits per heavy atom. The first-order valence-electron chi connectivity index (χ1n) is 4.86. The van der Waals surface area contributed by atoms with E-state index in [-0.39, 0.29) is 0 Å². The van der Waals surface area contributed by atoms with Crippen LogP contribution >= 0.6 is 15.9 Å². The van der Waals surface area contributed by atoms with E-state index in [0.29, 0.717) is 4.83 Å². The topological polar surface area (TPSA) is 4.93 Å². The van der Waals surface area contributed by atoms with Crippen LogP contribution in [0, 0.1) is 0 Å². The number of fused-ring (bicyclic) bond motifs is 1. The maximum Gasteiger partial charge on any atom is 0.0479 e. The minimum atomic E-state index is 0.533. The molecule has 1 heterocycles. The van der Waals surface area contributed by atoms with E-state index in [9.17, 15) is 0 Å². The van der Waals surface area contributed by atoms with Gasteiger partial charge in [0.2, 0.25) is 0 Å². The third-order valence-corrected chi connectivity index (χ3v) is 2.87. The summed E-state index contributed by atoms with van der Waals surface area (Å²) in [4.78, 5) is 0.533. The summed E-state index contributed by atoms with van der Waals surface area (Å²) in [5, 5.41) is 1.33. The summed E-state index contributed by atoms with van der Waals surface area (Å²) in [5.41, 5.74) is 2.70. The number of alkyl halides is 1. The molecule has 0 N–H and O–H groups in total. The number of aromatic nitrogens is 1. The highest BCUT2D eigenvalue weighted by molar-refractivity contribution is 9.09. The van der Waals surface area contributed by atoms with E-state index in [1.165, 1.54) is 16.6 Å². The molecule has 0 aliphatic rings. The van der Waals surface area contributed by atoms with Crippen LogP contribution in [0.15, 0.2) is 30.3 Å². The maximum atomic E-state index is 3.59. The molecule has 0 radical (unpaired) electrons. The van der Waals surface area contributed by atoms with Crippen molar-refractivity contribution < 1.29 is 0 Å². The fourth-order valence-electron chi connectivity index (χ4n) is 1.83. The molecule has 0 bridgehead atoms. The van der Waals surface area contributed by atoms with Gasteiger partial charge in [-0.25, -0.2) is 0 Å². The maximum absolute atomic E-state index is 3.59. The van der Waals surface area contributed by atoms with Gasteiger partial charge < -0.3 is 4.57 Å². The molecular weight excluding hydrogens is 238 g/mol. The molecule has 1 nitrogen and oxygen atoms in total. The van der Waals surface area contributed by atoms with Gasteiger partial charge in [0.25, 0.3) is 0 Å². The fraction of sp³-hybridized carbons (Fsp3) is 0.333. The monoisotopic (exact) mass is 251 g/mol. The van der Waals surface area contributed by atoms with Crippen LogP contribution in [0.3, 0.4) is 0 Å². The van der Waals surface area contributed by atoms with Crippen LogP contribution in [0.4, 0.5) is 0 Å². The number of benzene rings is 1. The van der Waals surface area contributed by atoms with E-state index in [4.69, 9.17) is 0 Å². The van der Waals surface area contributed by atoms with E-state index in [1.807, 2.05) is 0 Å². The molecule has 0 spiro atoms. The first-order valence-corrected chi connectivity index (χ1v) is 5.77. The molecule has 0 aliphatic heterocycles. The van der Waals surface area contributed by atoms with E-state index >= 15 is 0 Å². The van der Waals surface area contributed by atoms with Gasteiger partial charge in [-0.2, -0.15) is 0 Å². The molecule has 1 atom stereocenters. The number of aryl methyl sites for hydroxylation is 1. The molecule has 2 rings (SSSR count). The summed E-state index contributed by atoms with van der Waals surface area (Å²) in [5.74, 6) is 0. The Morgan fingerprint density at radius 3 is 2.71 bits per heavy atom. The second kappa shape index (κ2) is 3.77. The van der Waals surface area contributed by atoms with Crippen molar-refractivity contribution >= 4 is 26.8 Å². The molecular formula is C12H14BrN. The molecule has 1 aromatic carbocycles. The Labute approximate surface area is 92.9 Å². The summed E-state index contributed by atoms with van der Waals surface area (Å²) < 4.78 is 2.27. The molecule has 0 saturated carbocycles. The van der Waals surface area contributed by atoms with Crippen molar-refractivity contribution in [2.45, 2.75) is 18.2 Å². The Morgan fingerprint density at radius 2 is 2.07 bits per heavy atom. The van der Waals surface area contributed by atoms with Crippen LogP contribution in [0.25, 0.3) is 10.9 Å². The average Bonchev–Trinajstić information content (AvgIpc) is 2.44. The molecule has 2 heteroatoms. The lowest BCUT2D eigenvalue weighted by Crippen LogP contribution is -2.02. The van der Waals surface area contributed by atoms with Crippen molar-refractivity contribution in [3.63, 3.8) is 0 Å². The predicted octanol–water partition coefficient (Wildman–Crippen LogP) is 3.50. The molecule has 74 valence electrons. The molecule has 1 aromatic heterocycles. The highest BCUT2D eigenvalue weighted by Gasteiger charge is 2.06. The zero-order valence-electron chi connectivity index (χ0n) is 8.50. The summed E-state index contributed by atoms with van der Waals surface area (Å²) in [6, 6.07) is 10.8. The predicted molar refractivity (Wildman–Crippen MR) is 65.0 cm³/mol. The quantitative estimate of drug-likeness (QED) is 0.721. The van der Waals surface area contributed by atoms with Crippen molar-refractivity contribution in [2.75, 3.05) is 0 Å². The fourth-order valence-corrected chi connectivity index (χ4v) is 2.16. The highest BCUT2D eigenvalue weighted by atomic mass is 79.9. The van der Waals surface area contributed by atoms with Gasteiger partial charge in [0.15, 0.2) is 0 Å². The van der Waals surface area contributed by atoms with E-state index in [1.54, 1.807) is 0 Å². The molecule has 14 heavy (non-hydrogen) atoms. The Kier molecular flexibility index (Phi) is 2.64. The van der Waals surface area contributed by atoms with Crippen molar-refractivity contribution in [2.24, 2.45) is 7.05 Å². The van der Waals surface area contributed by atoms with Crippen molar-refractivity contribution in [3.05, 3.63) is 36.0 Å². The molecule has 2 aromatic rings. The summed E-state index contributed by atoms with van der Waals surface area (Å²) in [6.45, 7) is 2.18. The third kappa shape index (κ3) is 1.71. The largest absolute Gasteiger partial charge is 0.348 e. The van der Waals surface area contributed by atoms with Gasteiger partial charge >= 0.3 is 0 Å². The Hall–Kier alpha value is -0.760. The number of hydrogen-bond donors (Lipinski definition) is 0. The van der Waals surface area contributed by atoms with Crippen LogP contribution in [0.2, 0.25) is 0 Å². The number of halogens is 1. The summed E-state index contributed by atoms with van der Waals surface area (Å²) in [7, 11) is 2.13. The van der Waals surface area contributed by atoms with E-state index in [2.05, 4.69) is 64.8 Å². The smallest absolute Gasteiger partial charge is 0.0479 e. The van der Waals surface area contributed by atoms with E-state index < -0.39 is 0 Å².